The number of nitrogens with one attached hydrogen (secondary N) is 1. The highest BCUT2D eigenvalue weighted by atomic mass is 16.5. The number of hydrogen-bond donors (Lipinski definition) is 1. The molecule has 3 unspecified atom stereocenters. The van der Waals surface area contributed by atoms with Gasteiger partial charge >= 0.3 is 0 Å². The largest absolute Gasteiger partial charge is 0.489 e. The minimum atomic E-state index is -0.426. The topological polar surface area (TPSA) is 61.9 Å². The molecule has 1 N–H and O–H groups in total. The van der Waals surface area contributed by atoms with E-state index in [0.29, 0.717) is 31.0 Å². The number of rotatable bonds is 6. The van der Waals surface area contributed by atoms with Crippen molar-refractivity contribution in [3.05, 3.63) is 41.6 Å². The lowest BCUT2D eigenvalue weighted by Gasteiger charge is -2.39. The fourth-order valence-electron chi connectivity index (χ4n) is 5.20. The molecular weight excluding hydrogens is 378 g/mol. The Morgan fingerprint density at radius 1 is 1.17 bits per heavy atom. The molecule has 6 nitrogen and oxygen atoms in total. The highest BCUT2D eigenvalue weighted by Gasteiger charge is 2.38. The van der Waals surface area contributed by atoms with E-state index in [1.54, 1.807) is 4.90 Å². The van der Waals surface area contributed by atoms with Crippen LogP contribution < -0.4 is 10.1 Å². The molecule has 3 aliphatic rings. The zero-order valence-corrected chi connectivity index (χ0v) is 18.2. The first-order chi connectivity index (χ1) is 14.5. The molecule has 2 aliphatic heterocycles. The minimum absolute atomic E-state index is 0.0668. The standard InChI is InChI=1S/C24H33N3O3/c1-4-26(5-2)20-8-6-7-9-22(20)30-18-11-12-19-17(14-18)15-27(24(19)29)21-13-10-16(3)25-23(21)28/h11-12,14,20-22H,3-10,13,15H2,1-2H3,(H,25,28). The maximum absolute atomic E-state index is 12.9. The molecule has 6 heteroatoms. The zero-order chi connectivity index (χ0) is 21.3. The van der Waals surface area contributed by atoms with Crippen LogP contribution >= 0.6 is 0 Å². The van der Waals surface area contributed by atoms with Gasteiger partial charge in [0.1, 0.15) is 17.9 Å². The maximum Gasteiger partial charge on any atom is 0.255 e. The minimum Gasteiger partial charge on any atom is -0.489 e. The lowest BCUT2D eigenvalue weighted by atomic mass is 9.91. The molecule has 1 saturated heterocycles. The molecule has 162 valence electrons. The predicted molar refractivity (Wildman–Crippen MR) is 116 cm³/mol. The van der Waals surface area contributed by atoms with Gasteiger partial charge in [0.2, 0.25) is 5.91 Å². The first kappa shape index (κ1) is 20.9. The summed E-state index contributed by atoms with van der Waals surface area (Å²) < 4.78 is 6.47. The molecule has 2 heterocycles. The van der Waals surface area contributed by atoms with Crippen molar-refractivity contribution in [3.8, 4) is 5.75 Å². The van der Waals surface area contributed by atoms with Gasteiger partial charge in [-0.25, -0.2) is 0 Å². The lowest BCUT2D eigenvalue weighted by molar-refractivity contribution is -0.126. The van der Waals surface area contributed by atoms with Crippen LogP contribution in [0, 0.1) is 0 Å². The third-order valence-corrected chi connectivity index (χ3v) is 6.84. The van der Waals surface area contributed by atoms with Gasteiger partial charge in [-0.3, -0.25) is 14.5 Å². The van der Waals surface area contributed by atoms with E-state index in [9.17, 15) is 9.59 Å². The smallest absolute Gasteiger partial charge is 0.255 e. The van der Waals surface area contributed by atoms with Gasteiger partial charge < -0.3 is 15.0 Å². The lowest BCUT2D eigenvalue weighted by Crippen LogP contribution is -2.49. The molecule has 1 aromatic carbocycles. The summed E-state index contributed by atoms with van der Waals surface area (Å²) in [7, 11) is 0. The Morgan fingerprint density at radius 3 is 2.67 bits per heavy atom. The summed E-state index contributed by atoms with van der Waals surface area (Å²) in [6.45, 7) is 10.8. The molecular formula is C24H33N3O3. The molecule has 0 radical (unpaired) electrons. The Balaban J connectivity index is 1.48. The predicted octanol–water partition coefficient (Wildman–Crippen LogP) is 3.47. The molecule has 0 spiro atoms. The molecule has 2 fully saturated rings. The van der Waals surface area contributed by atoms with E-state index in [1.807, 2.05) is 18.2 Å². The summed E-state index contributed by atoms with van der Waals surface area (Å²) in [5, 5.41) is 2.79. The van der Waals surface area contributed by atoms with Gasteiger partial charge in [-0.05, 0) is 69.0 Å². The Hall–Kier alpha value is -2.34. The van der Waals surface area contributed by atoms with E-state index < -0.39 is 6.04 Å². The number of nitrogens with zero attached hydrogens (tertiary/aromatic N) is 2. The first-order valence-corrected chi connectivity index (χ1v) is 11.3. The fraction of sp³-hybridized carbons (Fsp3) is 0.583. The summed E-state index contributed by atoms with van der Waals surface area (Å²) in [5.41, 5.74) is 2.36. The van der Waals surface area contributed by atoms with Crippen LogP contribution in [0.1, 0.15) is 68.3 Å². The van der Waals surface area contributed by atoms with Crippen molar-refractivity contribution in [2.45, 2.75) is 77.1 Å². The summed E-state index contributed by atoms with van der Waals surface area (Å²) in [5.74, 6) is 0.630. The van der Waals surface area contributed by atoms with Crippen LogP contribution in [-0.4, -0.2) is 52.9 Å². The molecule has 3 atom stereocenters. The molecule has 0 bridgehead atoms. The van der Waals surface area contributed by atoms with Gasteiger partial charge in [-0.1, -0.05) is 26.8 Å². The molecule has 4 rings (SSSR count). The van der Waals surface area contributed by atoms with Crippen molar-refractivity contribution in [3.63, 3.8) is 0 Å². The second-order valence-corrected chi connectivity index (χ2v) is 8.63. The van der Waals surface area contributed by atoms with Crippen molar-refractivity contribution in [2.24, 2.45) is 0 Å². The number of hydrogen-bond acceptors (Lipinski definition) is 4. The van der Waals surface area contributed by atoms with E-state index >= 15 is 0 Å². The maximum atomic E-state index is 12.9. The van der Waals surface area contributed by atoms with Crippen molar-refractivity contribution in [1.82, 2.24) is 15.1 Å². The summed E-state index contributed by atoms with van der Waals surface area (Å²) in [6.07, 6.45) is 6.20. The number of amides is 2. The van der Waals surface area contributed by atoms with Gasteiger partial charge in [-0.15, -0.1) is 0 Å². The number of fused-ring (bicyclic) bond motifs is 1. The van der Waals surface area contributed by atoms with Gasteiger partial charge in [0.15, 0.2) is 0 Å². The van der Waals surface area contributed by atoms with Gasteiger partial charge in [0, 0.05) is 23.8 Å². The van der Waals surface area contributed by atoms with Crippen LogP contribution in [0.2, 0.25) is 0 Å². The second kappa shape index (κ2) is 8.80. The van der Waals surface area contributed by atoms with Crippen molar-refractivity contribution < 1.29 is 14.3 Å². The number of allylic oxidation sites excluding steroid dienone is 1. The molecule has 30 heavy (non-hydrogen) atoms. The van der Waals surface area contributed by atoms with Gasteiger partial charge in [0.25, 0.3) is 5.91 Å². The Bertz CT molecular complexity index is 833. The molecule has 1 aliphatic carbocycles. The first-order valence-electron chi connectivity index (χ1n) is 11.3. The Kier molecular flexibility index (Phi) is 6.14. The normalized spacial score (nSPS) is 26.7. The van der Waals surface area contributed by atoms with Crippen molar-refractivity contribution in [2.75, 3.05) is 13.1 Å². The number of piperidine rings is 1. The molecule has 1 aromatic rings. The van der Waals surface area contributed by atoms with Gasteiger partial charge in [0.05, 0.1) is 0 Å². The fourth-order valence-corrected chi connectivity index (χ4v) is 5.20. The summed E-state index contributed by atoms with van der Waals surface area (Å²) in [4.78, 5) is 29.5. The summed E-state index contributed by atoms with van der Waals surface area (Å²) in [6, 6.07) is 5.80. The third kappa shape index (κ3) is 3.97. The van der Waals surface area contributed by atoms with Crippen LogP contribution in [0.4, 0.5) is 0 Å². The SMILES string of the molecule is C=C1CCC(N2Cc3cc(OC4CCCCC4N(CC)CC)ccc3C2=O)C(=O)N1. The van der Waals surface area contributed by atoms with Crippen LogP contribution in [0.5, 0.6) is 5.75 Å². The Labute approximate surface area is 179 Å². The van der Waals surface area contributed by atoms with Crippen LogP contribution in [-0.2, 0) is 11.3 Å². The number of likely N-dealkylation sites (N-methyl/N-ethyl adjacent to an activating group) is 1. The van der Waals surface area contributed by atoms with E-state index in [0.717, 1.165) is 36.5 Å². The highest BCUT2D eigenvalue weighted by Crippen LogP contribution is 2.33. The highest BCUT2D eigenvalue weighted by molar-refractivity contribution is 6.01. The van der Waals surface area contributed by atoms with E-state index in [4.69, 9.17) is 4.74 Å². The van der Waals surface area contributed by atoms with Crippen molar-refractivity contribution in [1.29, 1.82) is 0 Å². The third-order valence-electron chi connectivity index (χ3n) is 6.84. The average molecular weight is 412 g/mol. The number of benzene rings is 1. The molecule has 0 aromatic heterocycles. The number of carbonyl (C=O) groups is 2. The molecule has 2 amide bonds. The second-order valence-electron chi connectivity index (χ2n) is 8.63. The Morgan fingerprint density at radius 2 is 1.93 bits per heavy atom. The number of carbonyl (C=O) groups excluding carboxylic acids is 2. The average Bonchev–Trinajstić information content (AvgIpc) is 3.06. The summed E-state index contributed by atoms with van der Waals surface area (Å²) >= 11 is 0. The van der Waals surface area contributed by atoms with Crippen LogP contribution in [0.3, 0.4) is 0 Å². The van der Waals surface area contributed by atoms with Crippen LogP contribution in [0.25, 0.3) is 0 Å². The van der Waals surface area contributed by atoms with E-state index in [2.05, 4.69) is 30.6 Å². The molecule has 1 saturated carbocycles. The monoisotopic (exact) mass is 411 g/mol. The van der Waals surface area contributed by atoms with Gasteiger partial charge in [-0.2, -0.15) is 0 Å². The van der Waals surface area contributed by atoms with Crippen molar-refractivity contribution >= 4 is 11.8 Å². The quantitative estimate of drug-likeness (QED) is 0.779. The van der Waals surface area contributed by atoms with E-state index in [-0.39, 0.29) is 17.9 Å². The van der Waals surface area contributed by atoms with Crippen LogP contribution in [0.15, 0.2) is 30.5 Å². The zero-order valence-electron chi connectivity index (χ0n) is 18.2. The number of ether oxygens (including phenoxy) is 1. The van der Waals surface area contributed by atoms with E-state index in [1.165, 1.54) is 19.3 Å².